The minimum atomic E-state index is -1.02. The SMILES string of the molecule is CC(C)CN1CCC2(CC1)c1ccccc1C[C@H]2N[S+]([O-])C(C)(C)C. The third-order valence-corrected chi connectivity index (χ3v) is 7.43. The number of benzene rings is 1. The molecule has 2 aliphatic rings. The second-order valence-electron chi connectivity index (χ2n) is 9.26. The number of nitrogens with one attached hydrogen (secondary N) is 1. The summed E-state index contributed by atoms with van der Waals surface area (Å²) in [7, 11) is 0. The fraction of sp³-hybridized carbons (Fsp3) is 0.714. The fourth-order valence-electron chi connectivity index (χ4n) is 4.52. The first-order valence-corrected chi connectivity index (χ1v) is 10.9. The standard InChI is InChI=1S/C21H34N2OS/c1-16(2)15-23-12-10-21(11-13-23)18-9-7-6-8-17(18)14-19(21)22-25(24)20(3,4)5/h6-9,16,19,22H,10-15H2,1-5H3/t19-,25?/m1/s1. The lowest BCUT2D eigenvalue weighted by Gasteiger charge is -2.44. The molecule has 1 N–H and O–H groups in total. The van der Waals surface area contributed by atoms with Gasteiger partial charge in [-0.05, 0) is 70.2 Å². The first kappa shape index (κ1) is 19.2. The number of nitrogens with zero attached hydrogens (tertiary/aromatic N) is 1. The molecule has 1 heterocycles. The average Bonchev–Trinajstić information content (AvgIpc) is 2.82. The number of hydrogen-bond acceptors (Lipinski definition) is 3. The van der Waals surface area contributed by atoms with Gasteiger partial charge in [-0.3, -0.25) is 0 Å². The minimum Gasteiger partial charge on any atom is -0.598 e. The molecule has 1 spiro atoms. The highest BCUT2D eigenvalue weighted by molar-refractivity contribution is 7.90. The van der Waals surface area contributed by atoms with Crippen molar-refractivity contribution in [2.24, 2.45) is 5.92 Å². The van der Waals surface area contributed by atoms with Gasteiger partial charge in [-0.25, -0.2) is 0 Å². The summed E-state index contributed by atoms with van der Waals surface area (Å²) in [6.45, 7) is 14.2. The van der Waals surface area contributed by atoms with Gasteiger partial charge in [0.2, 0.25) is 0 Å². The number of piperidine rings is 1. The largest absolute Gasteiger partial charge is 0.598 e. The maximum absolute atomic E-state index is 12.8. The summed E-state index contributed by atoms with van der Waals surface area (Å²) >= 11 is -1.02. The molecule has 4 heteroatoms. The van der Waals surface area contributed by atoms with Crippen molar-refractivity contribution in [2.75, 3.05) is 19.6 Å². The zero-order chi connectivity index (χ0) is 18.2. The summed E-state index contributed by atoms with van der Waals surface area (Å²) < 4.78 is 16.1. The molecule has 1 aliphatic carbocycles. The molecule has 1 aromatic rings. The molecule has 1 unspecified atom stereocenters. The van der Waals surface area contributed by atoms with Crippen LogP contribution in [0.4, 0.5) is 0 Å². The van der Waals surface area contributed by atoms with Crippen LogP contribution in [0.1, 0.15) is 58.6 Å². The van der Waals surface area contributed by atoms with Crippen LogP contribution in [0.2, 0.25) is 0 Å². The highest BCUT2D eigenvalue weighted by Gasteiger charge is 2.50. The molecule has 0 aromatic heterocycles. The van der Waals surface area contributed by atoms with Gasteiger partial charge < -0.3 is 9.45 Å². The fourth-order valence-corrected chi connectivity index (χ4v) is 5.44. The first-order valence-electron chi connectivity index (χ1n) is 9.71. The van der Waals surface area contributed by atoms with E-state index in [1.165, 1.54) is 17.7 Å². The van der Waals surface area contributed by atoms with Crippen molar-refractivity contribution >= 4 is 11.4 Å². The smallest absolute Gasteiger partial charge is 0.136 e. The van der Waals surface area contributed by atoms with E-state index in [9.17, 15) is 4.55 Å². The van der Waals surface area contributed by atoms with Gasteiger partial charge in [-0.15, -0.1) is 4.72 Å². The molecule has 0 amide bonds. The quantitative estimate of drug-likeness (QED) is 0.831. The molecule has 1 fully saturated rings. The predicted octanol–water partition coefficient (Wildman–Crippen LogP) is 3.65. The lowest BCUT2D eigenvalue weighted by molar-refractivity contribution is 0.131. The first-order chi connectivity index (χ1) is 11.7. The number of hydrogen-bond donors (Lipinski definition) is 1. The highest BCUT2D eigenvalue weighted by atomic mass is 32.2. The van der Waals surface area contributed by atoms with Crippen LogP contribution in [0.5, 0.6) is 0 Å². The topological polar surface area (TPSA) is 38.3 Å². The van der Waals surface area contributed by atoms with Crippen molar-refractivity contribution in [3.8, 4) is 0 Å². The van der Waals surface area contributed by atoms with Gasteiger partial charge in [0, 0.05) is 23.3 Å². The molecule has 1 aliphatic heterocycles. The van der Waals surface area contributed by atoms with Gasteiger partial charge in [-0.1, -0.05) is 38.1 Å². The van der Waals surface area contributed by atoms with E-state index in [2.05, 4.69) is 68.5 Å². The Morgan fingerprint density at radius 3 is 2.48 bits per heavy atom. The van der Waals surface area contributed by atoms with Crippen LogP contribution in [0.3, 0.4) is 0 Å². The molecule has 0 bridgehead atoms. The van der Waals surface area contributed by atoms with Gasteiger partial charge in [-0.2, -0.15) is 0 Å². The summed E-state index contributed by atoms with van der Waals surface area (Å²) in [4.78, 5) is 2.61. The minimum absolute atomic E-state index is 0.144. The predicted molar refractivity (Wildman–Crippen MR) is 107 cm³/mol. The lowest BCUT2D eigenvalue weighted by atomic mass is 9.71. The monoisotopic (exact) mass is 362 g/mol. The maximum Gasteiger partial charge on any atom is 0.136 e. The molecule has 1 saturated heterocycles. The Bertz CT molecular complexity index is 588. The van der Waals surface area contributed by atoms with Gasteiger partial charge in [0.25, 0.3) is 0 Å². The van der Waals surface area contributed by atoms with Gasteiger partial charge >= 0.3 is 0 Å². The van der Waals surface area contributed by atoms with E-state index in [4.69, 9.17) is 0 Å². The van der Waals surface area contributed by atoms with Crippen LogP contribution in [0, 0.1) is 5.92 Å². The van der Waals surface area contributed by atoms with Gasteiger partial charge in [0.1, 0.15) is 4.75 Å². The van der Waals surface area contributed by atoms with Crippen LogP contribution in [0.15, 0.2) is 24.3 Å². The van der Waals surface area contributed by atoms with Crippen molar-refractivity contribution in [1.82, 2.24) is 9.62 Å². The molecular weight excluding hydrogens is 328 g/mol. The zero-order valence-corrected chi connectivity index (χ0v) is 17.3. The average molecular weight is 363 g/mol. The second kappa shape index (κ2) is 7.22. The normalized spacial score (nSPS) is 24.7. The van der Waals surface area contributed by atoms with Gasteiger partial charge in [0.15, 0.2) is 0 Å². The van der Waals surface area contributed by atoms with Crippen LogP contribution < -0.4 is 4.72 Å². The van der Waals surface area contributed by atoms with Crippen LogP contribution in [-0.4, -0.2) is 39.9 Å². The Balaban J connectivity index is 1.82. The molecule has 3 nitrogen and oxygen atoms in total. The van der Waals surface area contributed by atoms with Crippen LogP contribution >= 0.6 is 0 Å². The van der Waals surface area contributed by atoms with Crippen molar-refractivity contribution in [2.45, 2.75) is 70.1 Å². The third kappa shape index (κ3) is 3.92. The summed E-state index contributed by atoms with van der Waals surface area (Å²) in [6.07, 6.45) is 3.33. The number of rotatable bonds is 4. The zero-order valence-electron chi connectivity index (χ0n) is 16.5. The van der Waals surface area contributed by atoms with Crippen molar-refractivity contribution in [3.05, 3.63) is 35.4 Å². The van der Waals surface area contributed by atoms with Gasteiger partial charge in [0.05, 0.1) is 6.04 Å². The van der Waals surface area contributed by atoms with E-state index in [0.29, 0.717) is 5.92 Å². The Morgan fingerprint density at radius 2 is 1.88 bits per heavy atom. The number of fused-ring (bicyclic) bond motifs is 2. The van der Waals surface area contributed by atoms with Crippen LogP contribution in [-0.2, 0) is 23.2 Å². The summed E-state index contributed by atoms with van der Waals surface area (Å²) in [6, 6.07) is 9.17. The molecule has 25 heavy (non-hydrogen) atoms. The molecule has 0 radical (unpaired) electrons. The van der Waals surface area contributed by atoms with E-state index in [0.717, 1.165) is 32.4 Å². The molecule has 3 rings (SSSR count). The summed E-state index contributed by atoms with van der Waals surface area (Å²) in [5.41, 5.74) is 3.09. The van der Waals surface area contributed by atoms with E-state index < -0.39 is 11.4 Å². The summed E-state index contributed by atoms with van der Waals surface area (Å²) in [5, 5.41) is 0. The van der Waals surface area contributed by atoms with E-state index in [-0.39, 0.29) is 16.2 Å². The molecule has 1 aromatic carbocycles. The van der Waals surface area contributed by atoms with Crippen LogP contribution in [0.25, 0.3) is 0 Å². The Hall–Kier alpha value is -0.550. The molecule has 140 valence electrons. The Labute approximate surface area is 156 Å². The molecule has 2 atom stereocenters. The maximum atomic E-state index is 12.8. The highest BCUT2D eigenvalue weighted by Crippen LogP contribution is 2.47. The van der Waals surface area contributed by atoms with Crippen molar-refractivity contribution < 1.29 is 4.55 Å². The Morgan fingerprint density at radius 1 is 1.24 bits per heavy atom. The molecular formula is C21H34N2OS. The molecule has 0 saturated carbocycles. The number of likely N-dealkylation sites (tertiary alicyclic amines) is 1. The van der Waals surface area contributed by atoms with E-state index in [1.807, 2.05) is 0 Å². The second-order valence-corrected chi connectivity index (χ2v) is 11.3. The van der Waals surface area contributed by atoms with Crippen molar-refractivity contribution in [1.29, 1.82) is 0 Å². The van der Waals surface area contributed by atoms with E-state index >= 15 is 0 Å². The van der Waals surface area contributed by atoms with Crippen molar-refractivity contribution in [3.63, 3.8) is 0 Å². The summed E-state index contributed by atoms with van der Waals surface area (Å²) in [5.74, 6) is 0.715. The van der Waals surface area contributed by atoms with E-state index in [1.54, 1.807) is 0 Å². The third-order valence-electron chi connectivity index (χ3n) is 5.82. The lowest BCUT2D eigenvalue weighted by Crippen LogP contribution is -2.56. The Kier molecular flexibility index (Phi) is 5.55.